The molecule has 0 saturated heterocycles. The molecule has 0 aliphatic rings. The van der Waals surface area contributed by atoms with Crippen LogP contribution >= 0.6 is 0 Å². The van der Waals surface area contributed by atoms with Gasteiger partial charge in [-0.15, -0.1) is 0 Å². The van der Waals surface area contributed by atoms with Crippen molar-refractivity contribution in [3.63, 3.8) is 0 Å². The minimum Gasteiger partial charge on any atom is -0.309 e. The molecule has 0 spiro atoms. The summed E-state index contributed by atoms with van der Waals surface area (Å²) in [6.45, 7) is 4.24. The molecule has 0 N–H and O–H groups in total. The Morgan fingerprint density at radius 2 is 1.02 bits per heavy atom. The lowest BCUT2D eigenvalue weighted by molar-refractivity contribution is 0.958. The highest BCUT2D eigenvalue weighted by Gasteiger charge is 2.12. The first kappa shape index (κ1) is 26.3. The quantitative estimate of drug-likeness (QED) is 0.209. The summed E-state index contributed by atoms with van der Waals surface area (Å²) < 4.78 is 2.36. The highest BCUT2D eigenvalue weighted by Crippen LogP contribution is 2.34. The molecule has 0 amide bonds. The monoisotopic (exact) mass is 529 g/mol. The van der Waals surface area contributed by atoms with E-state index in [0.717, 1.165) is 12.8 Å². The van der Waals surface area contributed by atoms with Gasteiger partial charge in [0.05, 0.1) is 11.0 Å². The summed E-state index contributed by atoms with van der Waals surface area (Å²) in [6.07, 6.45) is 2.14. The number of hydrogen-bond donors (Lipinski definition) is 0. The third kappa shape index (κ3) is 6.00. The molecule has 41 heavy (non-hydrogen) atoms. The second-order valence-electron chi connectivity index (χ2n) is 10.8. The van der Waals surface area contributed by atoms with Crippen molar-refractivity contribution in [3.8, 4) is 16.8 Å². The van der Waals surface area contributed by atoms with Gasteiger partial charge >= 0.3 is 0 Å². The summed E-state index contributed by atoms with van der Waals surface area (Å²) in [7, 11) is 0. The van der Waals surface area contributed by atoms with E-state index in [1.165, 1.54) is 60.9 Å². The molecule has 0 fully saturated rings. The van der Waals surface area contributed by atoms with Crippen LogP contribution in [0.4, 0.5) is 0 Å². The van der Waals surface area contributed by atoms with Gasteiger partial charge in [0.25, 0.3) is 0 Å². The summed E-state index contributed by atoms with van der Waals surface area (Å²) in [5, 5.41) is 2.58. The maximum absolute atomic E-state index is 2.36. The number of fused-ring (bicyclic) bond motifs is 3. The largest absolute Gasteiger partial charge is 0.309 e. The van der Waals surface area contributed by atoms with E-state index in [0.29, 0.717) is 0 Å². The SMILES string of the molecule is Cc1cccc(CCc2ccc(-c3ccc4c(c3)c3ccccc3n4-c3ccccc3)cc2)c1.Cc1ccccc1. The van der Waals surface area contributed by atoms with Crippen LogP contribution in [-0.2, 0) is 12.8 Å². The Morgan fingerprint density at radius 3 is 1.73 bits per heavy atom. The van der Waals surface area contributed by atoms with E-state index in [1.807, 2.05) is 18.2 Å². The number of nitrogens with zero attached hydrogens (tertiary/aromatic N) is 1. The van der Waals surface area contributed by atoms with Crippen LogP contribution in [0.1, 0.15) is 22.3 Å². The van der Waals surface area contributed by atoms with Gasteiger partial charge in [0, 0.05) is 16.5 Å². The van der Waals surface area contributed by atoms with Crippen molar-refractivity contribution in [3.05, 3.63) is 174 Å². The van der Waals surface area contributed by atoms with E-state index in [1.54, 1.807) is 0 Å². The summed E-state index contributed by atoms with van der Waals surface area (Å²) in [6, 6.07) is 54.4. The molecule has 1 heterocycles. The average Bonchev–Trinajstić information content (AvgIpc) is 3.35. The molecule has 6 aromatic carbocycles. The van der Waals surface area contributed by atoms with E-state index in [2.05, 4.69) is 152 Å². The van der Waals surface area contributed by atoms with Crippen LogP contribution in [0.25, 0.3) is 38.6 Å². The van der Waals surface area contributed by atoms with Gasteiger partial charge in [0.1, 0.15) is 0 Å². The lowest BCUT2D eigenvalue weighted by atomic mass is 9.99. The summed E-state index contributed by atoms with van der Waals surface area (Å²) in [5.41, 5.74) is 11.6. The lowest BCUT2D eigenvalue weighted by Gasteiger charge is -2.08. The first-order valence-corrected chi connectivity index (χ1v) is 14.4. The molecule has 0 atom stereocenters. The number of benzene rings is 6. The summed E-state index contributed by atoms with van der Waals surface area (Å²) in [4.78, 5) is 0. The van der Waals surface area contributed by atoms with Gasteiger partial charge in [0.15, 0.2) is 0 Å². The van der Waals surface area contributed by atoms with Crippen molar-refractivity contribution >= 4 is 21.8 Å². The fourth-order valence-corrected chi connectivity index (χ4v) is 5.56. The highest BCUT2D eigenvalue weighted by molar-refractivity contribution is 6.10. The second kappa shape index (κ2) is 12.1. The van der Waals surface area contributed by atoms with Gasteiger partial charge in [-0.2, -0.15) is 0 Å². The van der Waals surface area contributed by atoms with E-state index < -0.39 is 0 Å². The highest BCUT2D eigenvalue weighted by atomic mass is 15.0. The van der Waals surface area contributed by atoms with E-state index >= 15 is 0 Å². The Kier molecular flexibility index (Phi) is 7.78. The molecule has 1 heteroatoms. The first-order valence-electron chi connectivity index (χ1n) is 14.4. The van der Waals surface area contributed by atoms with E-state index in [9.17, 15) is 0 Å². The predicted molar refractivity (Wildman–Crippen MR) is 176 cm³/mol. The molecule has 0 saturated carbocycles. The molecule has 0 radical (unpaired) electrons. The number of para-hydroxylation sites is 2. The zero-order valence-corrected chi connectivity index (χ0v) is 23.8. The minimum atomic E-state index is 1.06. The molecule has 200 valence electrons. The Balaban J connectivity index is 0.000000380. The van der Waals surface area contributed by atoms with Crippen molar-refractivity contribution < 1.29 is 0 Å². The lowest BCUT2D eigenvalue weighted by Crippen LogP contribution is -1.93. The third-order valence-electron chi connectivity index (χ3n) is 7.70. The number of rotatable bonds is 5. The fraction of sp³-hybridized carbons (Fsp3) is 0.100. The second-order valence-corrected chi connectivity index (χ2v) is 10.8. The van der Waals surface area contributed by atoms with Crippen LogP contribution in [0, 0.1) is 13.8 Å². The normalized spacial score (nSPS) is 10.9. The number of aryl methyl sites for hydroxylation is 4. The van der Waals surface area contributed by atoms with Crippen LogP contribution < -0.4 is 0 Å². The zero-order valence-electron chi connectivity index (χ0n) is 23.8. The van der Waals surface area contributed by atoms with Crippen molar-refractivity contribution in [2.24, 2.45) is 0 Å². The van der Waals surface area contributed by atoms with Crippen LogP contribution in [0.5, 0.6) is 0 Å². The van der Waals surface area contributed by atoms with Crippen LogP contribution in [0.2, 0.25) is 0 Å². The molecule has 0 aliphatic carbocycles. The number of aromatic nitrogens is 1. The van der Waals surface area contributed by atoms with Gasteiger partial charge in [-0.3, -0.25) is 0 Å². The van der Waals surface area contributed by atoms with Crippen LogP contribution in [0.15, 0.2) is 152 Å². The van der Waals surface area contributed by atoms with Gasteiger partial charge in [-0.1, -0.05) is 132 Å². The molecule has 0 unspecified atom stereocenters. The minimum absolute atomic E-state index is 1.06. The van der Waals surface area contributed by atoms with Gasteiger partial charge in [0.2, 0.25) is 0 Å². The van der Waals surface area contributed by atoms with Crippen LogP contribution in [-0.4, -0.2) is 4.57 Å². The number of hydrogen-bond acceptors (Lipinski definition) is 0. The Labute approximate surface area is 243 Å². The van der Waals surface area contributed by atoms with Crippen molar-refractivity contribution in [2.45, 2.75) is 26.7 Å². The predicted octanol–water partition coefficient (Wildman–Crippen LogP) is 10.5. The molecular formula is C40H35N. The van der Waals surface area contributed by atoms with Crippen molar-refractivity contribution in [1.29, 1.82) is 0 Å². The molecule has 1 nitrogen and oxygen atoms in total. The topological polar surface area (TPSA) is 4.93 Å². The van der Waals surface area contributed by atoms with E-state index in [4.69, 9.17) is 0 Å². The Morgan fingerprint density at radius 1 is 0.415 bits per heavy atom. The molecule has 7 rings (SSSR count). The maximum Gasteiger partial charge on any atom is 0.0541 e. The zero-order chi connectivity index (χ0) is 28.0. The Bertz CT molecular complexity index is 1880. The Hall–Kier alpha value is -4.88. The maximum atomic E-state index is 2.36. The average molecular weight is 530 g/mol. The van der Waals surface area contributed by atoms with Gasteiger partial charge in [-0.05, 0) is 79.3 Å². The molecule has 0 aliphatic heterocycles. The summed E-state index contributed by atoms with van der Waals surface area (Å²) >= 11 is 0. The van der Waals surface area contributed by atoms with Crippen molar-refractivity contribution in [2.75, 3.05) is 0 Å². The first-order chi connectivity index (χ1) is 20.2. The standard InChI is InChI=1S/C33H27N.C7H8/c1-24-8-7-9-26(22-24)15-14-25-16-18-27(19-17-25)28-20-21-33-31(23-28)30-12-5-6-13-32(30)34(33)29-10-3-2-4-11-29;1-7-5-3-2-4-6-7/h2-13,16-23H,14-15H2,1H3;2-6H,1H3. The fourth-order valence-electron chi connectivity index (χ4n) is 5.56. The molecule has 0 bridgehead atoms. The smallest absolute Gasteiger partial charge is 0.0541 e. The molecular weight excluding hydrogens is 494 g/mol. The molecule has 1 aromatic heterocycles. The van der Waals surface area contributed by atoms with Crippen molar-refractivity contribution in [1.82, 2.24) is 4.57 Å². The van der Waals surface area contributed by atoms with Gasteiger partial charge < -0.3 is 4.57 Å². The summed E-state index contributed by atoms with van der Waals surface area (Å²) in [5.74, 6) is 0. The molecule has 7 aromatic rings. The van der Waals surface area contributed by atoms with E-state index in [-0.39, 0.29) is 0 Å². The van der Waals surface area contributed by atoms with Crippen LogP contribution in [0.3, 0.4) is 0 Å². The third-order valence-corrected chi connectivity index (χ3v) is 7.70. The van der Waals surface area contributed by atoms with Gasteiger partial charge in [-0.25, -0.2) is 0 Å².